The molecule has 0 bridgehead atoms. The van der Waals surface area contributed by atoms with Gasteiger partial charge in [-0.3, -0.25) is 9.10 Å². The third kappa shape index (κ3) is 7.33. The number of amides is 1. The highest BCUT2D eigenvalue weighted by molar-refractivity contribution is 7.92. The highest BCUT2D eigenvalue weighted by Gasteiger charge is 2.31. The molecule has 0 aliphatic carbocycles. The smallest absolute Gasteiger partial charge is 0.416 e. The minimum absolute atomic E-state index is 0.00119. The molecule has 1 N–H and O–H groups in total. The van der Waals surface area contributed by atoms with Gasteiger partial charge in [0.2, 0.25) is 26.0 Å². The van der Waals surface area contributed by atoms with Gasteiger partial charge in [-0.2, -0.15) is 13.2 Å². The molecule has 0 aliphatic rings. The largest absolute Gasteiger partial charge is 0.492 e. The molecule has 0 saturated heterocycles. The Balaban J connectivity index is 1.92. The van der Waals surface area contributed by atoms with Crippen LogP contribution in [-0.4, -0.2) is 67.1 Å². The second-order valence-electron chi connectivity index (χ2n) is 7.27. The number of halogens is 3. The van der Waals surface area contributed by atoms with Crippen LogP contribution in [0.25, 0.3) is 0 Å². The summed E-state index contributed by atoms with van der Waals surface area (Å²) in [6, 6.07) is 9.06. The zero-order chi connectivity index (χ0) is 25.7. The Hall–Kier alpha value is -2.84. The third-order valence-corrected chi connectivity index (χ3v) is 7.44. The Morgan fingerprint density at radius 2 is 1.53 bits per heavy atom. The Morgan fingerprint density at radius 1 is 0.971 bits per heavy atom. The van der Waals surface area contributed by atoms with Gasteiger partial charge < -0.3 is 10.1 Å². The Kier molecular flexibility index (Phi) is 8.55. The molecular weight excluding hydrogens is 499 g/mol. The van der Waals surface area contributed by atoms with Crippen LogP contribution in [0.4, 0.5) is 18.9 Å². The highest BCUT2D eigenvalue weighted by atomic mass is 32.2. The van der Waals surface area contributed by atoms with Gasteiger partial charge in [0.15, 0.2) is 0 Å². The van der Waals surface area contributed by atoms with Crippen LogP contribution < -0.4 is 14.4 Å². The van der Waals surface area contributed by atoms with E-state index in [9.17, 15) is 34.8 Å². The fourth-order valence-electron chi connectivity index (χ4n) is 2.68. The number of nitrogens with one attached hydrogen (secondary N) is 1. The molecule has 0 spiro atoms. The lowest BCUT2D eigenvalue weighted by atomic mass is 10.2. The lowest BCUT2D eigenvalue weighted by Gasteiger charge is -2.22. The number of carbonyl (C=O) groups excluding carboxylic acids is 1. The quantitative estimate of drug-likeness (QED) is 0.476. The molecule has 1 amide bonds. The monoisotopic (exact) mass is 523 g/mol. The van der Waals surface area contributed by atoms with Crippen LogP contribution in [-0.2, 0) is 31.0 Å². The number of hydrogen-bond acceptors (Lipinski definition) is 6. The number of sulfonamides is 2. The molecule has 0 saturated carbocycles. The van der Waals surface area contributed by atoms with E-state index in [1.807, 2.05) is 0 Å². The predicted molar refractivity (Wildman–Crippen MR) is 119 cm³/mol. The maximum atomic E-state index is 12.7. The first-order valence-corrected chi connectivity index (χ1v) is 13.0. The van der Waals surface area contributed by atoms with Gasteiger partial charge in [0, 0.05) is 14.1 Å². The fraction of sp³-hybridized carbons (Fsp3) is 0.350. The lowest BCUT2D eigenvalue weighted by Crippen LogP contribution is -2.41. The van der Waals surface area contributed by atoms with Gasteiger partial charge >= 0.3 is 6.18 Å². The number of hydrogen-bond donors (Lipinski definition) is 1. The average molecular weight is 524 g/mol. The van der Waals surface area contributed by atoms with Crippen molar-refractivity contribution in [3.8, 4) is 5.75 Å². The molecule has 0 unspecified atom stereocenters. The summed E-state index contributed by atoms with van der Waals surface area (Å²) in [4.78, 5) is 12.3. The van der Waals surface area contributed by atoms with Crippen molar-refractivity contribution >= 4 is 31.6 Å². The van der Waals surface area contributed by atoms with Gasteiger partial charge in [-0.15, -0.1) is 0 Å². The molecule has 0 aromatic heterocycles. The van der Waals surface area contributed by atoms with Crippen LogP contribution in [0.1, 0.15) is 5.56 Å². The first-order chi connectivity index (χ1) is 15.6. The maximum Gasteiger partial charge on any atom is 0.416 e. The summed E-state index contributed by atoms with van der Waals surface area (Å²) in [6.07, 6.45) is -3.74. The second kappa shape index (κ2) is 10.6. The molecule has 0 atom stereocenters. The van der Waals surface area contributed by atoms with E-state index in [2.05, 4.69) is 5.32 Å². The standard InChI is InChI=1S/C20H24F3N3O6S2/c1-25(2)34(30,31)18-10-8-17(9-11-18)32-13-12-24-19(27)14-26(33(3,28)29)16-6-4-15(5-7-16)20(21,22)23/h4-11H,12-14H2,1-3H3,(H,24,27). The fourth-order valence-corrected chi connectivity index (χ4v) is 4.44. The topological polar surface area (TPSA) is 113 Å². The van der Waals surface area contributed by atoms with Crippen LogP contribution in [0.3, 0.4) is 0 Å². The number of nitrogens with zero attached hydrogens (tertiary/aromatic N) is 2. The average Bonchev–Trinajstić information content (AvgIpc) is 2.74. The van der Waals surface area contributed by atoms with Crippen molar-refractivity contribution in [1.29, 1.82) is 0 Å². The van der Waals surface area contributed by atoms with Crippen LogP contribution in [0.2, 0.25) is 0 Å². The number of benzene rings is 2. The van der Waals surface area contributed by atoms with Gasteiger partial charge in [-0.1, -0.05) is 0 Å². The number of alkyl halides is 3. The Bertz CT molecular complexity index is 1200. The maximum absolute atomic E-state index is 12.7. The van der Waals surface area contributed by atoms with E-state index >= 15 is 0 Å². The molecule has 2 aromatic rings. The zero-order valence-electron chi connectivity index (χ0n) is 18.5. The predicted octanol–water partition coefficient (Wildman–Crippen LogP) is 1.92. The lowest BCUT2D eigenvalue weighted by molar-refractivity contribution is -0.137. The zero-order valence-corrected chi connectivity index (χ0v) is 20.2. The van der Waals surface area contributed by atoms with E-state index in [-0.39, 0.29) is 23.7 Å². The summed E-state index contributed by atoms with van der Waals surface area (Å²) in [5.74, 6) is -0.337. The van der Waals surface area contributed by atoms with Gasteiger partial charge in [0.25, 0.3) is 0 Å². The first kappa shape index (κ1) is 27.4. The molecule has 0 radical (unpaired) electrons. The summed E-state index contributed by atoms with van der Waals surface area (Å²) in [5.41, 5.74) is -1.03. The number of anilines is 1. The van der Waals surface area contributed by atoms with Crippen LogP contribution in [0, 0.1) is 0 Å². The summed E-state index contributed by atoms with van der Waals surface area (Å²) < 4.78 is 93.6. The van der Waals surface area contributed by atoms with E-state index in [1.165, 1.54) is 38.4 Å². The van der Waals surface area contributed by atoms with Crippen LogP contribution in [0.15, 0.2) is 53.4 Å². The summed E-state index contributed by atoms with van der Waals surface area (Å²) >= 11 is 0. The van der Waals surface area contributed by atoms with Crippen molar-refractivity contribution in [2.24, 2.45) is 0 Å². The molecule has 9 nitrogen and oxygen atoms in total. The Morgan fingerprint density at radius 3 is 2.00 bits per heavy atom. The van der Waals surface area contributed by atoms with Gasteiger partial charge in [-0.05, 0) is 48.5 Å². The molecule has 0 heterocycles. The van der Waals surface area contributed by atoms with Crippen molar-refractivity contribution < 1.29 is 39.5 Å². The van der Waals surface area contributed by atoms with Gasteiger partial charge in [-0.25, -0.2) is 21.1 Å². The van der Waals surface area contributed by atoms with E-state index in [4.69, 9.17) is 4.74 Å². The number of rotatable bonds is 10. The number of carbonyl (C=O) groups is 1. The van der Waals surface area contributed by atoms with E-state index in [0.717, 1.165) is 34.8 Å². The van der Waals surface area contributed by atoms with Crippen LogP contribution >= 0.6 is 0 Å². The second-order valence-corrected chi connectivity index (χ2v) is 11.3. The van der Waals surface area contributed by atoms with Crippen molar-refractivity contribution in [2.75, 3.05) is 44.4 Å². The van der Waals surface area contributed by atoms with Crippen molar-refractivity contribution in [3.63, 3.8) is 0 Å². The highest BCUT2D eigenvalue weighted by Crippen LogP contribution is 2.31. The van der Waals surface area contributed by atoms with Gasteiger partial charge in [0.1, 0.15) is 18.9 Å². The Labute approximate surface area is 196 Å². The third-order valence-electron chi connectivity index (χ3n) is 4.47. The normalized spacial score (nSPS) is 12.4. The van der Waals surface area contributed by atoms with E-state index < -0.39 is 44.2 Å². The summed E-state index contributed by atoms with van der Waals surface area (Å²) in [6.45, 7) is -0.632. The first-order valence-electron chi connectivity index (χ1n) is 9.69. The molecule has 0 aliphatic heterocycles. The molecule has 14 heteroatoms. The molecule has 0 fully saturated rings. The van der Waals surface area contributed by atoms with Crippen molar-refractivity contribution in [1.82, 2.24) is 9.62 Å². The minimum atomic E-state index is -4.58. The molecule has 2 aromatic carbocycles. The SMILES string of the molecule is CN(C)S(=O)(=O)c1ccc(OCCNC(=O)CN(c2ccc(C(F)(F)F)cc2)S(C)(=O)=O)cc1. The van der Waals surface area contributed by atoms with E-state index in [0.29, 0.717) is 10.1 Å². The minimum Gasteiger partial charge on any atom is -0.492 e. The van der Waals surface area contributed by atoms with Gasteiger partial charge in [0.05, 0.1) is 28.9 Å². The summed E-state index contributed by atoms with van der Waals surface area (Å²) in [7, 11) is -4.71. The molecule has 34 heavy (non-hydrogen) atoms. The molecule has 2 rings (SSSR count). The van der Waals surface area contributed by atoms with Crippen molar-refractivity contribution in [2.45, 2.75) is 11.1 Å². The molecule has 188 valence electrons. The van der Waals surface area contributed by atoms with Crippen molar-refractivity contribution in [3.05, 3.63) is 54.1 Å². The van der Waals surface area contributed by atoms with Crippen LogP contribution in [0.5, 0.6) is 5.75 Å². The molecular formula is C20H24F3N3O6S2. The summed E-state index contributed by atoms with van der Waals surface area (Å²) in [5, 5.41) is 2.46. The van der Waals surface area contributed by atoms with E-state index in [1.54, 1.807) is 0 Å². The number of ether oxygens (including phenoxy) is 1.